The van der Waals surface area contributed by atoms with E-state index in [0.717, 1.165) is 0 Å². The highest BCUT2D eigenvalue weighted by molar-refractivity contribution is 7.90. The van der Waals surface area contributed by atoms with Gasteiger partial charge in [-0.15, -0.1) is 0 Å². The lowest BCUT2D eigenvalue weighted by Gasteiger charge is -2.26. The van der Waals surface area contributed by atoms with E-state index in [1.165, 1.54) is 0 Å². The second-order valence-electron chi connectivity index (χ2n) is 4.63. The molecule has 0 amide bonds. The number of rotatable bonds is 3. The van der Waals surface area contributed by atoms with Gasteiger partial charge in [-0.25, -0.2) is 8.42 Å². The van der Waals surface area contributed by atoms with Crippen LogP contribution in [0.1, 0.15) is 33.6 Å². The molecule has 0 bridgehead atoms. The Bertz CT molecular complexity index is 274. The van der Waals surface area contributed by atoms with E-state index in [1.807, 2.05) is 0 Å². The Morgan fingerprint density at radius 2 is 1.85 bits per heavy atom. The highest BCUT2D eigenvalue weighted by Crippen LogP contribution is 2.29. The minimum absolute atomic E-state index is 0.274. The van der Waals surface area contributed by atoms with Crippen molar-refractivity contribution < 1.29 is 13.5 Å². The predicted octanol–water partition coefficient (Wildman–Crippen LogP) is 0.433. The van der Waals surface area contributed by atoms with Crippen LogP contribution in [0, 0.1) is 5.41 Å². The molecule has 0 aromatic rings. The van der Waals surface area contributed by atoms with Gasteiger partial charge in [0, 0.05) is 5.41 Å². The van der Waals surface area contributed by atoms with Crippen LogP contribution in [-0.2, 0) is 10.0 Å². The molecule has 1 aliphatic carbocycles. The van der Waals surface area contributed by atoms with Crippen LogP contribution in [0.4, 0.5) is 0 Å². The Balaban J connectivity index is 2.58. The molecule has 1 aliphatic rings. The van der Waals surface area contributed by atoms with E-state index in [2.05, 4.69) is 4.72 Å². The van der Waals surface area contributed by atoms with Crippen molar-refractivity contribution in [2.75, 3.05) is 0 Å². The molecule has 1 saturated carbocycles. The summed E-state index contributed by atoms with van der Waals surface area (Å²) in [5.41, 5.74) is -0.456. The van der Waals surface area contributed by atoms with Gasteiger partial charge in [0.1, 0.15) is 6.23 Å². The van der Waals surface area contributed by atoms with Crippen molar-refractivity contribution in [3.63, 3.8) is 0 Å². The number of aliphatic hydroxyl groups is 1. The average molecular weight is 207 g/mol. The highest BCUT2D eigenvalue weighted by Gasteiger charge is 2.38. The van der Waals surface area contributed by atoms with Gasteiger partial charge in [-0.3, -0.25) is 0 Å². The van der Waals surface area contributed by atoms with Gasteiger partial charge in [-0.2, -0.15) is 4.72 Å². The molecule has 5 heteroatoms. The Morgan fingerprint density at radius 1 is 1.38 bits per heavy atom. The molecule has 0 spiro atoms. The third kappa shape index (κ3) is 2.93. The summed E-state index contributed by atoms with van der Waals surface area (Å²) in [4.78, 5) is 0. The van der Waals surface area contributed by atoms with Gasteiger partial charge in [0.15, 0.2) is 0 Å². The van der Waals surface area contributed by atoms with Crippen molar-refractivity contribution in [1.82, 2.24) is 4.72 Å². The SMILES string of the molecule is CC(C)(C)C(O)NS(=O)(=O)C1CC1. The summed E-state index contributed by atoms with van der Waals surface area (Å²) in [5, 5.41) is 9.23. The van der Waals surface area contributed by atoms with Crippen LogP contribution in [0.3, 0.4) is 0 Å². The van der Waals surface area contributed by atoms with E-state index < -0.39 is 21.7 Å². The van der Waals surface area contributed by atoms with E-state index in [9.17, 15) is 13.5 Å². The maximum absolute atomic E-state index is 11.4. The Kier molecular flexibility index (Phi) is 2.71. The molecule has 0 heterocycles. The van der Waals surface area contributed by atoms with Gasteiger partial charge in [0.05, 0.1) is 5.25 Å². The third-order valence-corrected chi connectivity index (χ3v) is 3.96. The van der Waals surface area contributed by atoms with Crippen molar-refractivity contribution in [3.05, 3.63) is 0 Å². The van der Waals surface area contributed by atoms with Crippen LogP contribution in [0.15, 0.2) is 0 Å². The van der Waals surface area contributed by atoms with Gasteiger partial charge >= 0.3 is 0 Å². The maximum Gasteiger partial charge on any atom is 0.216 e. The van der Waals surface area contributed by atoms with Crippen molar-refractivity contribution in [2.45, 2.75) is 45.1 Å². The van der Waals surface area contributed by atoms with Crippen LogP contribution in [0.5, 0.6) is 0 Å². The molecule has 0 radical (unpaired) electrons. The summed E-state index contributed by atoms with van der Waals surface area (Å²) >= 11 is 0. The number of aliphatic hydroxyl groups excluding tert-OH is 1. The minimum atomic E-state index is -3.27. The first-order valence-electron chi connectivity index (χ1n) is 4.43. The van der Waals surface area contributed by atoms with E-state index in [1.54, 1.807) is 20.8 Å². The second-order valence-corrected chi connectivity index (χ2v) is 6.62. The molecule has 1 rings (SSSR count). The molecule has 4 nitrogen and oxygen atoms in total. The summed E-state index contributed by atoms with van der Waals surface area (Å²) in [5.74, 6) is 0. The van der Waals surface area contributed by atoms with Crippen LogP contribution in [-0.4, -0.2) is 25.0 Å². The van der Waals surface area contributed by atoms with Crippen molar-refractivity contribution in [3.8, 4) is 0 Å². The Labute approximate surface area is 79.4 Å². The summed E-state index contributed by atoms with van der Waals surface area (Å²) in [7, 11) is -3.27. The van der Waals surface area contributed by atoms with Gasteiger partial charge in [-0.1, -0.05) is 20.8 Å². The van der Waals surface area contributed by atoms with Crippen LogP contribution in [0.25, 0.3) is 0 Å². The zero-order valence-corrected chi connectivity index (χ0v) is 9.06. The Morgan fingerprint density at radius 3 is 2.15 bits per heavy atom. The highest BCUT2D eigenvalue weighted by atomic mass is 32.2. The van der Waals surface area contributed by atoms with E-state index in [0.29, 0.717) is 12.8 Å². The summed E-state index contributed by atoms with van der Waals surface area (Å²) in [6.07, 6.45) is 0.427. The summed E-state index contributed by atoms with van der Waals surface area (Å²) in [6, 6.07) is 0. The van der Waals surface area contributed by atoms with Gasteiger partial charge in [0.25, 0.3) is 0 Å². The summed E-state index contributed by atoms with van der Waals surface area (Å²) in [6.45, 7) is 5.35. The molecular formula is C8H17NO3S. The Hall–Kier alpha value is -0.130. The van der Waals surface area contributed by atoms with E-state index >= 15 is 0 Å². The molecule has 78 valence electrons. The second kappa shape index (κ2) is 3.22. The maximum atomic E-state index is 11.4. The first kappa shape index (κ1) is 10.9. The third-order valence-electron chi connectivity index (χ3n) is 2.06. The number of hydrogen-bond acceptors (Lipinski definition) is 3. The van der Waals surface area contributed by atoms with E-state index in [4.69, 9.17) is 0 Å². The standard InChI is InChI=1S/C8H17NO3S/c1-8(2,3)7(10)9-13(11,12)6-4-5-6/h6-7,9-10H,4-5H2,1-3H3. The van der Waals surface area contributed by atoms with Crippen molar-refractivity contribution in [1.29, 1.82) is 0 Å². The molecule has 0 aliphatic heterocycles. The lowest BCUT2D eigenvalue weighted by atomic mass is 9.95. The minimum Gasteiger partial charge on any atom is -0.377 e. The number of nitrogens with one attached hydrogen (secondary N) is 1. The van der Waals surface area contributed by atoms with Crippen molar-refractivity contribution in [2.24, 2.45) is 5.41 Å². The monoisotopic (exact) mass is 207 g/mol. The van der Waals surface area contributed by atoms with Crippen LogP contribution in [0.2, 0.25) is 0 Å². The fraction of sp³-hybridized carbons (Fsp3) is 1.00. The molecule has 1 unspecified atom stereocenters. The zero-order valence-electron chi connectivity index (χ0n) is 8.24. The smallest absolute Gasteiger partial charge is 0.216 e. The molecule has 0 saturated heterocycles. The molecule has 0 aromatic carbocycles. The molecule has 0 aromatic heterocycles. The molecule has 2 N–H and O–H groups in total. The van der Waals surface area contributed by atoms with Gasteiger partial charge in [0.2, 0.25) is 10.0 Å². The molecule has 13 heavy (non-hydrogen) atoms. The first-order valence-corrected chi connectivity index (χ1v) is 5.97. The molecular weight excluding hydrogens is 190 g/mol. The largest absolute Gasteiger partial charge is 0.377 e. The zero-order chi connectivity index (χ0) is 10.3. The summed E-state index contributed by atoms with van der Waals surface area (Å²) < 4.78 is 25.0. The molecule has 1 fully saturated rings. The van der Waals surface area contributed by atoms with Gasteiger partial charge in [-0.05, 0) is 12.8 Å². The average Bonchev–Trinajstić information content (AvgIpc) is 2.62. The fourth-order valence-corrected chi connectivity index (χ4v) is 2.42. The fourth-order valence-electron chi connectivity index (χ4n) is 0.807. The number of sulfonamides is 1. The lowest BCUT2D eigenvalue weighted by Crippen LogP contribution is -2.44. The quantitative estimate of drug-likeness (QED) is 0.660. The van der Waals surface area contributed by atoms with E-state index in [-0.39, 0.29) is 5.25 Å². The van der Waals surface area contributed by atoms with Crippen LogP contribution < -0.4 is 4.72 Å². The first-order chi connectivity index (χ1) is 5.73. The predicted molar refractivity (Wildman–Crippen MR) is 50.5 cm³/mol. The van der Waals surface area contributed by atoms with Gasteiger partial charge < -0.3 is 5.11 Å². The topological polar surface area (TPSA) is 66.4 Å². The van der Waals surface area contributed by atoms with Crippen LogP contribution >= 0.6 is 0 Å². The number of hydrogen-bond donors (Lipinski definition) is 2. The molecule has 1 atom stereocenters. The normalized spacial score (nSPS) is 21.5. The lowest BCUT2D eigenvalue weighted by molar-refractivity contribution is 0.0536. The van der Waals surface area contributed by atoms with Crippen molar-refractivity contribution >= 4 is 10.0 Å².